The lowest BCUT2D eigenvalue weighted by atomic mass is 9.99. The molecule has 0 aromatic heterocycles. The van der Waals surface area contributed by atoms with E-state index in [1.807, 2.05) is 6.07 Å². The van der Waals surface area contributed by atoms with E-state index in [0.29, 0.717) is 5.88 Å². The van der Waals surface area contributed by atoms with Crippen LogP contribution in [-0.4, -0.2) is 0 Å². The molecule has 0 N–H and O–H groups in total. The molecule has 0 saturated heterocycles. The second-order valence-corrected chi connectivity index (χ2v) is 3.92. The molecule has 0 radical (unpaired) electrons. The Morgan fingerprint density at radius 1 is 1.00 bits per heavy atom. The molecule has 2 aromatic rings. The van der Waals surface area contributed by atoms with E-state index in [-0.39, 0.29) is 0 Å². The first kappa shape index (κ1) is 10.3. The number of aryl methyl sites for hydroxylation is 1. The molecule has 76 valence electrons. The summed E-state index contributed by atoms with van der Waals surface area (Å²) < 4.78 is 0. The lowest BCUT2D eigenvalue weighted by Gasteiger charge is -2.07. The van der Waals surface area contributed by atoms with Crippen molar-refractivity contribution in [1.29, 1.82) is 0 Å². The van der Waals surface area contributed by atoms with E-state index in [1.54, 1.807) is 0 Å². The normalized spacial score (nSPS) is 10.3. The second-order valence-electron chi connectivity index (χ2n) is 3.65. The lowest BCUT2D eigenvalue weighted by Crippen LogP contribution is -1.86. The topological polar surface area (TPSA) is 0 Å². The van der Waals surface area contributed by atoms with Gasteiger partial charge >= 0.3 is 0 Å². The Bertz CT molecular complexity index is 446. The van der Waals surface area contributed by atoms with E-state index in [0.717, 1.165) is 0 Å². The van der Waals surface area contributed by atoms with Gasteiger partial charge in [0.1, 0.15) is 0 Å². The molecule has 1 heteroatoms. The maximum atomic E-state index is 5.84. The average Bonchev–Trinajstić information content (AvgIpc) is 2.31. The first-order chi connectivity index (χ1) is 7.31. The minimum atomic E-state index is 0.570. The molecular formula is C14H13Cl. The molecule has 0 aliphatic carbocycles. The van der Waals surface area contributed by atoms with Gasteiger partial charge in [0.15, 0.2) is 0 Å². The minimum absolute atomic E-state index is 0.570. The van der Waals surface area contributed by atoms with Crippen LogP contribution in [0.3, 0.4) is 0 Å². The molecule has 0 bridgehead atoms. The highest BCUT2D eigenvalue weighted by Crippen LogP contribution is 2.24. The van der Waals surface area contributed by atoms with Crippen molar-refractivity contribution in [2.75, 3.05) is 0 Å². The van der Waals surface area contributed by atoms with E-state index >= 15 is 0 Å². The van der Waals surface area contributed by atoms with Crippen LogP contribution in [-0.2, 0) is 5.88 Å². The van der Waals surface area contributed by atoms with Crippen molar-refractivity contribution in [3.63, 3.8) is 0 Å². The lowest BCUT2D eigenvalue weighted by molar-refractivity contribution is 1.36. The number of benzene rings is 2. The van der Waals surface area contributed by atoms with Crippen molar-refractivity contribution in [3.05, 3.63) is 59.7 Å². The summed E-state index contributed by atoms with van der Waals surface area (Å²) in [6, 6.07) is 16.8. The molecular weight excluding hydrogens is 204 g/mol. The summed E-state index contributed by atoms with van der Waals surface area (Å²) in [6.45, 7) is 2.13. The Balaban J connectivity index is 2.52. The zero-order valence-electron chi connectivity index (χ0n) is 8.70. The van der Waals surface area contributed by atoms with E-state index in [2.05, 4.69) is 49.4 Å². The van der Waals surface area contributed by atoms with Crippen LogP contribution in [0.4, 0.5) is 0 Å². The van der Waals surface area contributed by atoms with E-state index in [9.17, 15) is 0 Å². The van der Waals surface area contributed by atoms with Crippen LogP contribution in [0.25, 0.3) is 11.1 Å². The summed E-state index contributed by atoms with van der Waals surface area (Å²) in [7, 11) is 0. The van der Waals surface area contributed by atoms with Gasteiger partial charge in [0.05, 0.1) is 0 Å². The molecule has 0 unspecified atom stereocenters. The van der Waals surface area contributed by atoms with Crippen LogP contribution in [0.5, 0.6) is 0 Å². The van der Waals surface area contributed by atoms with E-state index in [4.69, 9.17) is 11.6 Å². The summed E-state index contributed by atoms with van der Waals surface area (Å²) >= 11 is 5.84. The van der Waals surface area contributed by atoms with Crippen LogP contribution < -0.4 is 0 Å². The summed E-state index contributed by atoms with van der Waals surface area (Å²) in [5, 5.41) is 0. The third-order valence-corrected chi connectivity index (χ3v) is 2.85. The maximum absolute atomic E-state index is 5.84. The fraction of sp³-hybridized carbons (Fsp3) is 0.143. The third-order valence-electron chi connectivity index (χ3n) is 2.54. The molecule has 0 spiro atoms. The van der Waals surface area contributed by atoms with Gasteiger partial charge in [-0.3, -0.25) is 0 Å². The average molecular weight is 217 g/mol. The SMILES string of the molecule is Cc1ccc(CCl)cc1-c1ccccc1. The Morgan fingerprint density at radius 3 is 2.40 bits per heavy atom. The van der Waals surface area contributed by atoms with Gasteiger partial charge in [-0.2, -0.15) is 0 Å². The van der Waals surface area contributed by atoms with Gasteiger partial charge in [0, 0.05) is 5.88 Å². The van der Waals surface area contributed by atoms with Crippen molar-refractivity contribution in [3.8, 4) is 11.1 Å². The van der Waals surface area contributed by atoms with Crippen molar-refractivity contribution < 1.29 is 0 Å². The van der Waals surface area contributed by atoms with Gasteiger partial charge in [-0.05, 0) is 35.2 Å². The second kappa shape index (κ2) is 4.50. The van der Waals surface area contributed by atoms with Crippen LogP contribution in [0.2, 0.25) is 0 Å². The fourth-order valence-corrected chi connectivity index (χ4v) is 1.85. The first-order valence-corrected chi connectivity index (χ1v) is 5.55. The molecule has 0 aliphatic heterocycles. The number of hydrogen-bond donors (Lipinski definition) is 0. The highest BCUT2D eigenvalue weighted by molar-refractivity contribution is 6.17. The Labute approximate surface area is 95.5 Å². The third kappa shape index (κ3) is 2.21. The van der Waals surface area contributed by atoms with Crippen LogP contribution in [0.15, 0.2) is 48.5 Å². The Kier molecular flexibility index (Phi) is 3.08. The van der Waals surface area contributed by atoms with E-state index < -0.39 is 0 Å². The zero-order chi connectivity index (χ0) is 10.7. The quantitative estimate of drug-likeness (QED) is 0.653. The van der Waals surface area contributed by atoms with Crippen LogP contribution in [0.1, 0.15) is 11.1 Å². The summed E-state index contributed by atoms with van der Waals surface area (Å²) in [5.41, 5.74) is 4.98. The summed E-state index contributed by atoms with van der Waals surface area (Å²) in [5.74, 6) is 0.570. The molecule has 2 aromatic carbocycles. The van der Waals surface area contributed by atoms with Crippen LogP contribution in [0, 0.1) is 6.92 Å². The Hall–Kier alpha value is -1.27. The Morgan fingerprint density at radius 2 is 1.73 bits per heavy atom. The molecule has 0 amide bonds. The van der Waals surface area contributed by atoms with Crippen molar-refractivity contribution in [1.82, 2.24) is 0 Å². The highest BCUT2D eigenvalue weighted by Gasteiger charge is 2.02. The fourth-order valence-electron chi connectivity index (χ4n) is 1.68. The molecule has 2 rings (SSSR count). The predicted molar refractivity (Wildman–Crippen MR) is 66.2 cm³/mol. The number of rotatable bonds is 2. The summed E-state index contributed by atoms with van der Waals surface area (Å²) in [4.78, 5) is 0. The van der Waals surface area contributed by atoms with Gasteiger partial charge in [-0.1, -0.05) is 42.5 Å². The number of hydrogen-bond acceptors (Lipinski definition) is 0. The van der Waals surface area contributed by atoms with Crippen molar-refractivity contribution >= 4 is 11.6 Å². The summed E-state index contributed by atoms with van der Waals surface area (Å²) in [6.07, 6.45) is 0. The largest absolute Gasteiger partial charge is 0.122 e. The van der Waals surface area contributed by atoms with Gasteiger partial charge in [0.2, 0.25) is 0 Å². The number of alkyl halides is 1. The first-order valence-electron chi connectivity index (χ1n) is 5.02. The monoisotopic (exact) mass is 216 g/mol. The number of halogens is 1. The van der Waals surface area contributed by atoms with Gasteiger partial charge in [-0.15, -0.1) is 11.6 Å². The standard InChI is InChI=1S/C14H13Cl/c1-11-7-8-12(10-15)9-14(11)13-5-3-2-4-6-13/h2-9H,10H2,1H3. The molecule has 0 fully saturated rings. The molecule has 0 aliphatic rings. The molecule has 15 heavy (non-hydrogen) atoms. The predicted octanol–water partition coefficient (Wildman–Crippen LogP) is 4.40. The van der Waals surface area contributed by atoms with Crippen molar-refractivity contribution in [2.24, 2.45) is 0 Å². The molecule has 0 nitrogen and oxygen atoms in total. The van der Waals surface area contributed by atoms with Crippen LogP contribution >= 0.6 is 11.6 Å². The van der Waals surface area contributed by atoms with Gasteiger partial charge in [-0.25, -0.2) is 0 Å². The van der Waals surface area contributed by atoms with Crippen molar-refractivity contribution in [2.45, 2.75) is 12.8 Å². The minimum Gasteiger partial charge on any atom is -0.122 e. The van der Waals surface area contributed by atoms with Gasteiger partial charge < -0.3 is 0 Å². The highest BCUT2D eigenvalue weighted by atomic mass is 35.5. The molecule has 0 atom stereocenters. The molecule has 0 saturated carbocycles. The smallest absolute Gasteiger partial charge is 0.0474 e. The van der Waals surface area contributed by atoms with Gasteiger partial charge in [0.25, 0.3) is 0 Å². The molecule has 0 heterocycles. The maximum Gasteiger partial charge on any atom is 0.0474 e. The van der Waals surface area contributed by atoms with E-state index in [1.165, 1.54) is 22.3 Å². The zero-order valence-corrected chi connectivity index (χ0v) is 9.46.